The van der Waals surface area contributed by atoms with Crippen LogP contribution in [0.25, 0.3) is 0 Å². The fourth-order valence-corrected chi connectivity index (χ4v) is 5.64. The minimum atomic E-state index is -3.60. The van der Waals surface area contributed by atoms with Crippen LogP contribution in [0.15, 0.2) is 36.4 Å². The predicted octanol–water partition coefficient (Wildman–Crippen LogP) is 3.46. The molecule has 32 heavy (non-hydrogen) atoms. The average molecular weight is 483 g/mol. The number of methoxy groups -OCH3 is 1. The molecule has 2 amide bonds. The number of imide groups is 1. The Morgan fingerprint density at radius 2 is 2.06 bits per heavy atom. The van der Waals surface area contributed by atoms with E-state index in [1.54, 1.807) is 12.2 Å². The third kappa shape index (κ3) is 7.06. The molecule has 0 bridgehead atoms. The molecule has 1 aliphatic heterocycles. The van der Waals surface area contributed by atoms with Crippen molar-refractivity contribution in [1.29, 1.82) is 0 Å². The van der Waals surface area contributed by atoms with E-state index >= 15 is 0 Å². The summed E-state index contributed by atoms with van der Waals surface area (Å²) in [7, 11) is -2.13. The van der Waals surface area contributed by atoms with Crippen LogP contribution in [-0.2, 0) is 19.6 Å². The highest BCUT2D eigenvalue weighted by Gasteiger charge is 2.31. The van der Waals surface area contributed by atoms with Crippen molar-refractivity contribution >= 4 is 32.9 Å². The predicted molar refractivity (Wildman–Crippen MR) is 124 cm³/mol. The highest BCUT2D eigenvalue weighted by molar-refractivity contribution is 8.15. The summed E-state index contributed by atoms with van der Waals surface area (Å²) in [6.45, 7) is 2.47. The first-order valence-electron chi connectivity index (χ1n) is 10.7. The van der Waals surface area contributed by atoms with Gasteiger partial charge in [0, 0.05) is 13.2 Å². The molecule has 3 rings (SSSR count). The first-order chi connectivity index (χ1) is 15.3. The number of carbonyl (C=O) groups is 2. The van der Waals surface area contributed by atoms with Crippen molar-refractivity contribution in [2.75, 3.05) is 26.2 Å². The molecule has 176 valence electrons. The molecular weight excluding hydrogens is 452 g/mol. The zero-order valence-corrected chi connectivity index (χ0v) is 20.0. The summed E-state index contributed by atoms with van der Waals surface area (Å²) in [6.07, 6.45) is 6.57. The van der Waals surface area contributed by atoms with Gasteiger partial charge >= 0.3 is 0 Å². The molecule has 2 atom stereocenters. The monoisotopic (exact) mass is 482 g/mol. The van der Waals surface area contributed by atoms with Gasteiger partial charge in [0.1, 0.15) is 12.5 Å². The first-order valence-corrected chi connectivity index (χ1v) is 13.2. The number of hydrogen-bond donors (Lipinski definition) is 1. The van der Waals surface area contributed by atoms with Crippen LogP contribution in [0.2, 0.25) is 0 Å². The second-order valence-corrected chi connectivity index (χ2v) is 11.2. The molecule has 1 aromatic carbocycles. The Kier molecular flexibility index (Phi) is 8.75. The maximum atomic E-state index is 13.0. The number of nitrogens with zero attached hydrogens (tertiary/aromatic N) is 1. The van der Waals surface area contributed by atoms with Crippen LogP contribution >= 0.6 is 11.8 Å². The van der Waals surface area contributed by atoms with Crippen LogP contribution in [0.3, 0.4) is 0 Å². The Morgan fingerprint density at radius 1 is 1.28 bits per heavy atom. The summed E-state index contributed by atoms with van der Waals surface area (Å²) in [5.74, 6) is 0.987. The van der Waals surface area contributed by atoms with Gasteiger partial charge in [-0.05, 0) is 56.2 Å². The molecular formula is C22H30N2O6S2. The number of amides is 2. The van der Waals surface area contributed by atoms with E-state index in [4.69, 9.17) is 9.47 Å². The molecule has 2 fully saturated rings. The largest absolute Gasteiger partial charge is 0.493 e. The SMILES string of the molecule is COCN([C@H](C)c1cccc(OCC2CC2)c1)S(=O)(=O)CC/C=C/CC1SC(=O)NC1=O. The molecule has 1 aromatic rings. The Morgan fingerprint density at radius 3 is 2.72 bits per heavy atom. The van der Waals surface area contributed by atoms with Gasteiger partial charge in [0.2, 0.25) is 15.9 Å². The number of carbonyl (C=O) groups excluding carboxylic acids is 2. The Balaban J connectivity index is 1.57. The van der Waals surface area contributed by atoms with Crippen molar-refractivity contribution < 1.29 is 27.5 Å². The average Bonchev–Trinajstić information content (AvgIpc) is 3.53. The highest BCUT2D eigenvalue weighted by atomic mass is 32.2. The van der Waals surface area contributed by atoms with Gasteiger partial charge in [-0.2, -0.15) is 4.31 Å². The molecule has 0 spiro atoms. The fourth-order valence-electron chi connectivity index (χ4n) is 3.31. The minimum Gasteiger partial charge on any atom is -0.493 e. The standard InChI is InChI=1S/C22H30N2O6S2/c1-16(18-7-6-8-19(13-18)30-14-17-10-11-17)24(15-29-2)32(27,28)12-5-3-4-9-20-21(25)23-22(26)31-20/h3-4,6-8,13,16-17,20H,5,9-12,14-15H2,1-2H3,(H,23,25,26)/b4-3+/t16-,20?/m1/s1. The summed E-state index contributed by atoms with van der Waals surface area (Å²) in [4.78, 5) is 22.8. The van der Waals surface area contributed by atoms with E-state index in [1.165, 1.54) is 24.3 Å². The van der Waals surface area contributed by atoms with Gasteiger partial charge < -0.3 is 9.47 Å². The summed E-state index contributed by atoms with van der Waals surface area (Å²) in [5.41, 5.74) is 0.836. The molecule has 10 heteroatoms. The van der Waals surface area contributed by atoms with Crippen LogP contribution in [0.4, 0.5) is 4.79 Å². The third-order valence-electron chi connectivity index (χ3n) is 5.40. The van der Waals surface area contributed by atoms with Gasteiger partial charge in [0.05, 0.1) is 17.6 Å². The number of benzene rings is 1. The summed E-state index contributed by atoms with van der Waals surface area (Å²) >= 11 is 0.956. The zero-order chi connectivity index (χ0) is 23.1. The number of nitrogens with one attached hydrogen (secondary N) is 1. The molecule has 1 saturated carbocycles. The Labute approximate surface area is 193 Å². The molecule has 1 aliphatic carbocycles. The van der Waals surface area contributed by atoms with E-state index in [-0.39, 0.29) is 23.6 Å². The van der Waals surface area contributed by atoms with Gasteiger partial charge in [-0.1, -0.05) is 36.0 Å². The second-order valence-electron chi connectivity index (χ2n) is 8.00. The van der Waals surface area contributed by atoms with Crippen LogP contribution in [-0.4, -0.2) is 55.3 Å². The highest BCUT2D eigenvalue weighted by Crippen LogP contribution is 2.31. The van der Waals surface area contributed by atoms with Gasteiger partial charge in [-0.25, -0.2) is 8.42 Å². The number of thioether (sulfide) groups is 1. The van der Waals surface area contributed by atoms with E-state index in [2.05, 4.69) is 5.32 Å². The normalized spacial score (nSPS) is 20.2. The van der Waals surface area contributed by atoms with E-state index in [0.717, 1.165) is 23.1 Å². The van der Waals surface area contributed by atoms with Crippen molar-refractivity contribution in [3.63, 3.8) is 0 Å². The molecule has 8 nitrogen and oxygen atoms in total. The topological polar surface area (TPSA) is 102 Å². The van der Waals surface area contributed by atoms with Gasteiger partial charge in [0.15, 0.2) is 0 Å². The van der Waals surface area contributed by atoms with Crippen molar-refractivity contribution in [3.8, 4) is 5.75 Å². The molecule has 0 radical (unpaired) electrons. The molecule has 1 unspecified atom stereocenters. The number of allylic oxidation sites excluding steroid dienone is 2. The lowest BCUT2D eigenvalue weighted by molar-refractivity contribution is -0.118. The van der Waals surface area contributed by atoms with Crippen LogP contribution in [0.5, 0.6) is 5.75 Å². The molecule has 1 heterocycles. The maximum absolute atomic E-state index is 13.0. The summed E-state index contributed by atoms with van der Waals surface area (Å²) in [5, 5.41) is 1.44. The number of sulfonamides is 1. The summed E-state index contributed by atoms with van der Waals surface area (Å²) < 4.78 is 38.4. The van der Waals surface area contributed by atoms with E-state index < -0.39 is 21.3 Å². The Bertz CT molecular complexity index is 945. The molecule has 1 N–H and O–H groups in total. The minimum absolute atomic E-state index is 0.0542. The van der Waals surface area contributed by atoms with E-state index in [1.807, 2.05) is 31.2 Å². The smallest absolute Gasteiger partial charge is 0.286 e. The lowest BCUT2D eigenvalue weighted by atomic mass is 10.1. The lowest BCUT2D eigenvalue weighted by Gasteiger charge is -2.28. The second kappa shape index (κ2) is 11.3. The third-order valence-corrected chi connectivity index (χ3v) is 8.29. The molecule has 0 aromatic heterocycles. The van der Waals surface area contributed by atoms with Crippen LogP contribution in [0, 0.1) is 5.92 Å². The van der Waals surface area contributed by atoms with Crippen molar-refractivity contribution in [1.82, 2.24) is 9.62 Å². The maximum Gasteiger partial charge on any atom is 0.286 e. The van der Waals surface area contributed by atoms with Gasteiger partial charge in [-0.3, -0.25) is 14.9 Å². The fraction of sp³-hybridized carbons (Fsp3) is 0.545. The van der Waals surface area contributed by atoms with E-state index in [0.29, 0.717) is 25.4 Å². The summed E-state index contributed by atoms with van der Waals surface area (Å²) in [6, 6.07) is 7.11. The molecule has 2 aliphatic rings. The number of ether oxygens (including phenoxy) is 2. The van der Waals surface area contributed by atoms with Crippen molar-refractivity contribution in [2.45, 2.75) is 43.9 Å². The van der Waals surface area contributed by atoms with Gasteiger partial charge in [-0.15, -0.1) is 0 Å². The lowest BCUT2D eigenvalue weighted by Crippen LogP contribution is -2.36. The first kappa shape index (κ1) is 24.8. The molecule has 1 saturated heterocycles. The number of hydrogen-bond acceptors (Lipinski definition) is 7. The van der Waals surface area contributed by atoms with E-state index in [9.17, 15) is 18.0 Å². The van der Waals surface area contributed by atoms with Crippen molar-refractivity contribution in [3.05, 3.63) is 42.0 Å². The van der Waals surface area contributed by atoms with Crippen LogP contribution < -0.4 is 10.1 Å². The number of rotatable bonds is 13. The quantitative estimate of drug-likeness (QED) is 0.339. The van der Waals surface area contributed by atoms with Crippen LogP contribution in [0.1, 0.15) is 44.2 Å². The Hall–Kier alpha value is -1.88. The van der Waals surface area contributed by atoms with Crippen molar-refractivity contribution in [2.24, 2.45) is 5.92 Å². The van der Waals surface area contributed by atoms with Gasteiger partial charge in [0.25, 0.3) is 5.24 Å². The zero-order valence-electron chi connectivity index (χ0n) is 18.4.